The van der Waals surface area contributed by atoms with Gasteiger partial charge in [-0.15, -0.1) is 11.3 Å². The molecule has 2 aliphatic heterocycles. The molecule has 0 aromatic carbocycles. The molecule has 2 saturated heterocycles. The molecule has 4 heterocycles. The van der Waals surface area contributed by atoms with Crippen molar-refractivity contribution in [2.24, 2.45) is 5.92 Å². The fraction of sp³-hybridized carbons (Fsp3) is 0.526. The van der Waals surface area contributed by atoms with E-state index in [1.54, 1.807) is 11.3 Å². The van der Waals surface area contributed by atoms with Gasteiger partial charge in [-0.1, -0.05) is 6.07 Å². The van der Waals surface area contributed by atoms with E-state index < -0.39 is 0 Å². The number of nitrogens with zero attached hydrogens (tertiary/aromatic N) is 4. The number of amides is 1. The second kappa shape index (κ2) is 8.74. The Balaban J connectivity index is 1.34. The second-order valence-electron chi connectivity index (χ2n) is 7.10. The van der Waals surface area contributed by atoms with Crippen LogP contribution in [0.15, 0.2) is 23.6 Å². The summed E-state index contributed by atoms with van der Waals surface area (Å²) >= 11 is 1.66. The molecule has 0 unspecified atom stereocenters. The topological polar surface area (TPSA) is 96.6 Å². The number of carbonyl (C=O) groups excluding carboxylic acids is 1. The molecule has 0 atom stereocenters. The fourth-order valence-electron chi connectivity index (χ4n) is 3.66. The largest absolute Gasteiger partial charge is 0.378 e. The lowest BCUT2D eigenvalue weighted by Crippen LogP contribution is -2.41. The van der Waals surface area contributed by atoms with Gasteiger partial charge in [-0.05, 0) is 24.3 Å². The second-order valence-corrected chi connectivity index (χ2v) is 8.13. The number of anilines is 3. The number of piperidine rings is 1. The van der Waals surface area contributed by atoms with E-state index in [1.165, 1.54) is 4.88 Å². The number of carbonyl (C=O) groups is 1. The van der Waals surface area contributed by atoms with Crippen LogP contribution in [0.25, 0.3) is 0 Å². The van der Waals surface area contributed by atoms with Gasteiger partial charge in [0, 0.05) is 43.0 Å². The summed E-state index contributed by atoms with van der Waals surface area (Å²) in [6, 6.07) is 6.04. The number of thiophene rings is 1. The average molecular weight is 403 g/mol. The third kappa shape index (κ3) is 4.53. The van der Waals surface area contributed by atoms with Gasteiger partial charge in [0.15, 0.2) is 0 Å². The van der Waals surface area contributed by atoms with Crippen LogP contribution >= 0.6 is 11.3 Å². The van der Waals surface area contributed by atoms with Crippen LogP contribution in [0.3, 0.4) is 0 Å². The van der Waals surface area contributed by atoms with Crippen molar-refractivity contribution in [1.29, 1.82) is 0 Å². The minimum absolute atomic E-state index is 0.0501. The molecular formula is C19H26N6O2S. The minimum Gasteiger partial charge on any atom is -0.378 e. The van der Waals surface area contributed by atoms with Gasteiger partial charge in [0.1, 0.15) is 11.6 Å². The summed E-state index contributed by atoms with van der Waals surface area (Å²) in [4.78, 5) is 26.8. The Labute approximate surface area is 168 Å². The molecule has 9 heteroatoms. The number of nitrogens with two attached hydrogens (primary N) is 1. The van der Waals surface area contributed by atoms with Crippen LogP contribution in [0.5, 0.6) is 0 Å². The minimum atomic E-state index is 0.0501. The zero-order valence-corrected chi connectivity index (χ0v) is 16.7. The quantitative estimate of drug-likeness (QED) is 0.782. The van der Waals surface area contributed by atoms with Gasteiger partial charge in [-0.2, -0.15) is 9.97 Å². The molecule has 4 rings (SSSR count). The van der Waals surface area contributed by atoms with E-state index in [0.717, 1.165) is 50.7 Å². The lowest BCUT2D eigenvalue weighted by Gasteiger charge is -2.33. The maximum atomic E-state index is 12.5. The molecule has 8 nitrogen and oxygen atoms in total. The Hall–Kier alpha value is -2.39. The molecule has 2 aliphatic rings. The molecule has 0 saturated carbocycles. The molecule has 0 aliphatic carbocycles. The molecule has 1 amide bonds. The Morgan fingerprint density at radius 1 is 1.18 bits per heavy atom. The van der Waals surface area contributed by atoms with Crippen LogP contribution in [-0.4, -0.2) is 55.3 Å². The molecule has 2 aromatic heterocycles. The van der Waals surface area contributed by atoms with Gasteiger partial charge in [0.25, 0.3) is 0 Å². The molecule has 3 N–H and O–H groups in total. The summed E-state index contributed by atoms with van der Waals surface area (Å²) in [6.45, 7) is 5.20. The standard InChI is InChI=1S/C19H26N6O2S/c20-19-22-16(12-17(23-19)25-7-9-27-10-8-25)24-5-3-14(4-6-24)18(26)21-13-15-2-1-11-28-15/h1-2,11-12,14H,3-10,13H2,(H,21,26)(H2,20,22,23). The molecule has 2 fully saturated rings. The highest BCUT2D eigenvalue weighted by atomic mass is 32.1. The van der Waals surface area contributed by atoms with Crippen molar-refractivity contribution in [1.82, 2.24) is 15.3 Å². The molecule has 0 spiro atoms. The third-order valence-corrected chi connectivity index (χ3v) is 6.13. The molecule has 2 aromatic rings. The molecule has 150 valence electrons. The van der Waals surface area contributed by atoms with E-state index in [4.69, 9.17) is 10.5 Å². The maximum absolute atomic E-state index is 12.5. The summed E-state index contributed by atoms with van der Waals surface area (Å²) in [5, 5.41) is 5.09. The average Bonchev–Trinajstić information content (AvgIpc) is 3.26. The number of nitrogen functional groups attached to an aromatic ring is 1. The lowest BCUT2D eigenvalue weighted by molar-refractivity contribution is -0.125. The molecule has 0 radical (unpaired) electrons. The number of aromatic nitrogens is 2. The maximum Gasteiger partial charge on any atom is 0.223 e. The van der Waals surface area contributed by atoms with Gasteiger partial charge in [-0.3, -0.25) is 4.79 Å². The number of ether oxygens (including phenoxy) is 1. The van der Waals surface area contributed by atoms with Crippen molar-refractivity contribution in [2.75, 3.05) is 54.9 Å². The van der Waals surface area contributed by atoms with Gasteiger partial charge in [0.05, 0.1) is 19.8 Å². The first-order valence-corrected chi connectivity index (χ1v) is 10.6. The Bertz CT molecular complexity index is 786. The molecular weight excluding hydrogens is 376 g/mol. The first-order chi connectivity index (χ1) is 13.7. The summed E-state index contributed by atoms with van der Waals surface area (Å²) in [7, 11) is 0. The highest BCUT2D eigenvalue weighted by Crippen LogP contribution is 2.26. The van der Waals surface area contributed by atoms with Crippen molar-refractivity contribution in [3.05, 3.63) is 28.5 Å². The lowest BCUT2D eigenvalue weighted by atomic mass is 9.96. The van der Waals surface area contributed by atoms with Crippen LogP contribution in [0.1, 0.15) is 17.7 Å². The Morgan fingerprint density at radius 2 is 1.86 bits per heavy atom. The van der Waals surface area contributed by atoms with E-state index in [0.29, 0.717) is 19.8 Å². The van der Waals surface area contributed by atoms with Crippen LogP contribution in [-0.2, 0) is 16.1 Å². The van der Waals surface area contributed by atoms with E-state index in [9.17, 15) is 4.79 Å². The van der Waals surface area contributed by atoms with Crippen molar-refractivity contribution in [3.63, 3.8) is 0 Å². The Kier molecular flexibility index (Phi) is 5.92. The van der Waals surface area contributed by atoms with Crippen LogP contribution in [0, 0.1) is 5.92 Å². The zero-order chi connectivity index (χ0) is 19.3. The van der Waals surface area contributed by atoms with Crippen LogP contribution in [0.2, 0.25) is 0 Å². The van der Waals surface area contributed by atoms with Gasteiger partial charge in [-0.25, -0.2) is 0 Å². The van der Waals surface area contributed by atoms with Gasteiger partial charge in [0.2, 0.25) is 11.9 Å². The van der Waals surface area contributed by atoms with E-state index in [1.807, 2.05) is 23.6 Å². The first-order valence-electron chi connectivity index (χ1n) is 9.71. The first kappa shape index (κ1) is 18.9. The van der Waals surface area contributed by atoms with Crippen LogP contribution in [0.4, 0.5) is 17.6 Å². The summed E-state index contributed by atoms with van der Waals surface area (Å²) in [6.07, 6.45) is 1.63. The summed E-state index contributed by atoms with van der Waals surface area (Å²) < 4.78 is 5.41. The van der Waals surface area contributed by atoms with Crippen molar-refractivity contribution in [3.8, 4) is 0 Å². The zero-order valence-electron chi connectivity index (χ0n) is 15.8. The van der Waals surface area contributed by atoms with E-state index in [2.05, 4.69) is 25.1 Å². The van der Waals surface area contributed by atoms with Crippen molar-refractivity contribution in [2.45, 2.75) is 19.4 Å². The highest BCUT2D eigenvalue weighted by Gasteiger charge is 2.26. The SMILES string of the molecule is Nc1nc(N2CCOCC2)cc(N2CCC(C(=O)NCc3cccs3)CC2)n1. The number of morpholine rings is 1. The number of hydrogen-bond acceptors (Lipinski definition) is 8. The molecule has 28 heavy (non-hydrogen) atoms. The van der Waals surface area contributed by atoms with Gasteiger partial charge < -0.3 is 25.6 Å². The predicted molar refractivity (Wildman–Crippen MR) is 111 cm³/mol. The van der Waals surface area contributed by atoms with Crippen molar-refractivity contribution >= 4 is 34.8 Å². The number of rotatable bonds is 5. The van der Waals surface area contributed by atoms with E-state index >= 15 is 0 Å². The monoisotopic (exact) mass is 402 g/mol. The number of nitrogens with one attached hydrogen (secondary N) is 1. The van der Waals surface area contributed by atoms with Crippen LogP contribution < -0.4 is 20.9 Å². The van der Waals surface area contributed by atoms with Crippen molar-refractivity contribution < 1.29 is 9.53 Å². The summed E-state index contributed by atoms with van der Waals surface area (Å²) in [5.41, 5.74) is 5.96. The fourth-order valence-corrected chi connectivity index (χ4v) is 4.30. The third-order valence-electron chi connectivity index (χ3n) is 5.26. The Morgan fingerprint density at radius 3 is 2.50 bits per heavy atom. The predicted octanol–water partition coefficient (Wildman–Crippen LogP) is 1.49. The number of hydrogen-bond donors (Lipinski definition) is 2. The smallest absolute Gasteiger partial charge is 0.223 e. The highest BCUT2D eigenvalue weighted by molar-refractivity contribution is 7.09. The van der Waals surface area contributed by atoms with E-state index in [-0.39, 0.29) is 17.8 Å². The normalized spacial score (nSPS) is 18.3. The van der Waals surface area contributed by atoms with Gasteiger partial charge >= 0.3 is 0 Å². The summed E-state index contributed by atoms with van der Waals surface area (Å²) in [5.74, 6) is 2.17. The molecule has 0 bridgehead atoms.